The zero-order chi connectivity index (χ0) is 23.8. The Bertz CT molecular complexity index is 1100. The molecule has 31 heavy (non-hydrogen) atoms. The third-order valence-corrected chi connectivity index (χ3v) is 6.98. The van der Waals surface area contributed by atoms with Gasteiger partial charge in [0.2, 0.25) is 9.84 Å². The van der Waals surface area contributed by atoms with Gasteiger partial charge in [-0.25, -0.2) is 8.42 Å². The van der Waals surface area contributed by atoms with Crippen molar-refractivity contribution in [3.8, 4) is 11.8 Å². The van der Waals surface area contributed by atoms with Crippen LogP contribution in [0.25, 0.3) is 6.08 Å². The van der Waals surface area contributed by atoms with Crippen LogP contribution >= 0.6 is 0 Å². The maximum Gasteiger partial charge on any atom is 0.216 e. The van der Waals surface area contributed by atoms with Crippen LogP contribution in [0.2, 0.25) is 0 Å². The van der Waals surface area contributed by atoms with E-state index in [1.54, 1.807) is 36.4 Å². The van der Waals surface area contributed by atoms with Crippen LogP contribution < -0.4 is 0 Å². The van der Waals surface area contributed by atoms with Gasteiger partial charge in [0.1, 0.15) is 16.7 Å². The van der Waals surface area contributed by atoms with Crippen LogP contribution in [-0.2, 0) is 20.7 Å². The smallest absolute Gasteiger partial charge is 0.216 e. The molecule has 2 rings (SSSR count). The highest BCUT2D eigenvalue weighted by Crippen LogP contribution is 2.40. The quantitative estimate of drug-likeness (QED) is 0.555. The van der Waals surface area contributed by atoms with E-state index in [9.17, 15) is 18.8 Å². The molecule has 2 aromatic carbocycles. The fraction of sp³-hybridized carbons (Fsp3) is 0.423. The number of sulfone groups is 1. The van der Waals surface area contributed by atoms with Gasteiger partial charge in [0.25, 0.3) is 0 Å². The first-order valence-electron chi connectivity index (χ1n) is 10.4. The van der Waals surface area contributed by atoms with Crippen LogP contribution in [0.4, 0.5) is 0 Å². The number of hydrogen-bond acceptors (Lipinski definition) is 4. The SMILES string of the molecule is CC(C)c1ccc(S(=O)(=O)/C(C#N)=C/c2cc(C(C)(C)C)c(O)c(C(C)(C)C)c2)cc1. The Morgan fingerprint density at radius 3 is 1.77 bits per heavy atom. The van der Waals surface area contributed by atoms with Gasteiger partial charge < -0.3 is 5.11 Å². The monoisotopic (exact) mass is 439 g/mol. The van der Waals surface area contributed by atoms with Crippen molar-refractivity contribution in [1.82, 2.24) is 0 Å². The Balaban J connectivity index is 2.69. The molecule has 4 nitrogen and oxygen atoms in total. The van der Waals surface area contributed by atoms with Gasteiger partial charge >= 0.3 is 0 Å². The summed E-state index contributed by atoms with van der Waals surface area (Å²) in [5, 5.41) is 20.6. The van der Waals surface area contributed by atoms with Gasteiger partial charge in [-0.1, -0.05) is 67.5 Å². The van der Waals surface area contributed by atoms with E-state index in [0.717, 1.165) is 5.56 Å². The van der Waals surface area contributed by atoms with Gasteiger partial charge in [-0.3, -0.25) is 0 Å². The molecule has 0 atom stereocenters. The minimum absolute atomic E-state index is 0.0931. The average molecular weight is 440 g/mol. The van der Waals surface area contributed by atoms with E-state index in [1.165, 1.54) is 6.08 Å². The highest BCUT2D eigenvalue weighted by Gasteiger charge is 2.27. The second-order valence-electron chi connectivity index (χ2n) is 10.3. The predicted molar refractivity (Wildman–Crippen MR) is 127 cm³/mol. The lowest BCUT2D eigenvalue weighted by molar-refractivity contribution is 0.423. The lowest BCUT2D eigenvalue weighted by Crippen LogP contribution is -2.17. The van der Waals surface area contributed by atoms with Crippen LogP contribution in [0.3, 0.4) is 0 Å². The Hall–Kier alpha value is -2.58. The molecule has 0 radical (unpaired) electrons. The molecule has 0 bridgehead atoms. The summed E-state index contributed by atoms with van der Waals surface area (Å²) in [4.78, 5) is -0.231. The van der Waals surface area contributed by atoms with Crippen LogP contribution in [0.5, 0.6) is 5.75 Å². The number of nitrogens with zero attached hydrogens (tertiary/aromatic N) is 1. The largest absolute Gasteiger partial charge is 0.507 e. The first-order valence-corrected chi connectivity index (χ1v) is 11.9. The number of phenolic OH excluding ortho intramolecular Hbond substituents is 1. The van der Waals surface area contributed by atoms with Crippen LogP contribution in [0.15, 0.2) is 46.2 Å². The molecule has 1 N–H and O–H groups in total. The summed E-state index contributed by atoms with van der Waals surface area (Å²) in [6, 6.07) is 12.1. The number of aromatic hydroxyl groups is 1. The maximum absolute atomic E-state index is 13.1. The van der Waals surface area contributed by atoms with E-state index < -0.39 is 9.84 Å². The Kier molecular flexibility index (Phi) is 6.78. The second-order valence-corrected chi connectivity index (χ2v) is 12.2. The molecule has 0 saturated carbocycles. The molecule has 0 spiro atoms. The molecule has 0 aliphatic carbocycles. The van der Waals surface area contributed by atoms with Crippen molar-refractivity contribution < 1.29 is 13.5 Å². The standard InChI is InChI=1S/C26H33NO3S/c1-17(2)19-9-11-20(12-10-19)31(29,30)21(16-27)13-18-14-22(25(3,4)5)24(28)23(15-18)26(6,7)8/h9-15,17,28H,1-8H3/b21-13+. The minimum Gasteiger partial charge on any atom is -0.507 e. The maximum atomic E-state index is 13.1. The van der Waals surface area contributed by atoms with Crippen LogP contribution in [0, 0.1) is 11.3 Å². The Morgan fingerprint density at radius 2 is 1.42 bits per heavy atom. The molecule has 0 heterocycles. The molecular formula is C26H33NO3S. The minimum atomic E-state index is -3.96. The molecule has 0 aliphatic heterocycles. The number of allylic oxidation sites excluding steroid dienone is 1. The van der Waals surface area contributed by atoms with E-state index in [1.807, 2.05) is 61.5 Å². The summed E-state index contributed by atoms with van der Waals surface area (Å²) in [5.74, 6) is 0.495. The van der Waals surface area contributed by atoms with Crippen LogP contribution in [-0.4, -0.2) is 13.5 Å². The molecule has 0 aromatic heterocycles. The Labute approximate surface area is 187 Å². The molecule has 0 saturated heterocycles. The zero-order valence-corrected chi connectivity index (χ0v) is 20.6. The van der Waals surface area contributed by atoms with Crippen molar-refractivity contribution >= 4 is 15.9 Å². The van der Waals surface area contributed by atoms with Gasteiger partial charge in [-0.05, 0) is 58.2 Å². The number of hydrogen-bond donors (Lipinski definition) is 1. The summed E-state index contributed by atoms with van der Waals surface area (Å²) >= 11 is 0. The fourth-order valence-electron chi connectivity index (χ4n) is 3.36. The van der Waals surface area contributed by atoms with Crippen molar-refractivity contribution in [2.75, 3.05) is 0 Å². The average Bonchev–Trinajstić information content (AvgIpc) is 2.65. The third kappa shape index (κ3) is 5.37. The second kappa shape index (κ2) is 8.51. The molecule has 0 aliphatic rings. The molecule has 166 valence electrons. The molecule has 0 unspecified atom stereocenters. The molecule has 5 heteroatoms. The first-order chi connectivity index (χ1) is 14.1. The third-order valence-electron chi connectivity index (χ3n) is 5.30. The molecule has 2 aromatic rings. The number of benzene rings is 2. The predicted octanol–water partition coefficient (Wildman–Crippen LogP) is 6.45. The van der Waals surface area contributed by atoms with Gasteiger partial charge in [-0.2, -0.15) is 5.26 Å². The summed E-state index contributed by atoms with van der Waals surface area (Å²) in [7, 11) is -3.96. The summed E-state index contributed by atoms with van der Waals surface area (Å²) in [5.41, 5.74) is 2.32. The van der Waals surface area contributed by atoms with Gasteiger partial charge in [0, 0.05) is 11.1 Å². The van der Waals surface area contributed by atoms with E-state index in [2.05, 4.69) is 0 Å². The lowest BCUT2D eigenvalue weighted by atomic mass is 9.78. The van der Waals surface area contributed by atoms with Crippen molar-refractivity contribution in [2.45, 2.75) is 77.0 Å². The fourth-order valence-corrected chi connectivity index (χ4v) is 4.52. The van der Waals surface area contributed by atoms with Crippen molar-refractivity contribution in [2.24, 2.45) is 0 Å². The van der Waals surface area contributed by atoms with Gasteiger partial charge in [0.05, 0.1) is 4.90 Å². The van der Waals surface area contributed by atoms with E-state index in [-0.39, 0.29) is 32.3 Å². The molecule has 0 fully saturated rings. The number of nitriles is 1. The highest BCUT2D eigenvalue weighted by atomic mass is 32.2. The molecule has 0 amide bonds. The van der Waals surface area contributed by atoms with Crippen molar-refractivity contribution in [3.05, 3.63) is 63.6 Å². The highest BCUT2D eigenvalue weighted by molar-refractivity contribution is 7.95. The van der Waals surface area contributed by atoms with Gasteiger partial charge in [-0.15, -0.1) is 0 Å². The first kappa shape index (κ1) is 24.7. The Morgan fingerprint density at radius 1 is 0.968 bits per heavy atom. The van der Waals surface area contributed by atoms with Gasteiger partial charge in [0.15, 0.2) is 0 Å². The summed E-state index contributed by atoms with van der Waals surface area (Å²) < 4.78 is 26.3. The summed E-state index contributed by atoms with van der Waals surface area (Å²) in [6.07, 6.45) is 1.40. The zero-order valence-electron chi connectivity index (χ0n) is 19.7. The number of phenols is 1. The van der Waals surface area contributed by atoms with Crippen LogP contribution in [0.1, 0.15) is 83.6 Å². The lowest BCUT2D eigenvalue weighted by Gasteiger charge is -2.28. The van der Waals surface area contributed by atoms with E-state index >= 15 is 0 Å². The van der Waals surface area contributed by atoms with Crippen molar-refractivity contribution in [1.29, 1.82) is 5.26 Å². The van der Waals surface area contributed by atoms with E-state index in [0.29, 0.717) is 16.7 Å². The van der Waals surface area contributed by atoms with Crippen molar-refractivity contribution in [3.63, 3.8) is 0 Å². The van der Waals surface area contributed by atoms with E-state index in [4.69, 9.17) is 0 Å². The number of rotatable bonds is 4. The normalized spacial score (nSPS) is 13.4. The summed E-state index contributed by atoms with van der Waals surface area (Å²) in [6.45, 7) is 16.0. The molecular weight excluding hydrogens is 406 g/mol. The topological polar surface area (TPSA) is 78.2 Å².